The molecule has 0 aliphatic heterocycles. The third kappa shape index (κ3) is 2.49. The van der Waals surface area contributed by atoms with Crippen molar-refractivity contribution in [3.63, 3.8) is 0 Å². The van der Waals surface area contributed by atoms with Gasteiger partial charge in [0.2, 0.25) is 0 Å². The Kier molecular flexibility index (Phi) is 3.59. The van der Waals surface area contributed by atoms with Crippen LogP contribution >= 0.6 is 23.3 Å². The Hall–Kier alpha value is -1.65. The molecule has 0 amide bonds. The molecule has 3 aromatic rings. The molecule has 1 aromatic heterocycles. The fraction of sp³-hybridized carbons (Fsp3) is 0.200. The smallest absolute Gasteiger partial charge is 0.129 e. The van der Waals surface area contributed by atoms with Crippen LogP contribution in [0, 0.1) is 6.92 Å². The Labute approximate surface area is 126 Å². The van der Waals surface area contributed by atoms with Crippen LogP contribution in [-0.2, 0) is 0 Å². The largest absolute Gasteiger partial charge is 0.375 e. The first kappa shape index (κ1) is 13.3. The third-order valence-electron chi connectivity index (χ3n) is 3.32. The summed E-state index contributed by atoms with van der Waals surface area (Å²) in [6.07, 6.45) is 0. The average Bonchev–Trinajstić information content (AvgIpc) is 2.91. The predicted octanol–water partition coefficient (Wildman–Crippen LogP) is 4.83. The maximum atomic E-state index is 6.29. The fourth-order valence-corrected chi connectivity index (χ4v) is 2.87. The number of aryl methyl sites for hydroxylation is 1. The molecule has 0 bridgehead atoms. The first-order valence-electron chi connectivity index (χ1n) is 6.39. The van der Waals surface area contributed by atoms with Gasteiger partial charge in [0.15, 0.2) is 0 Å². The monoisotopic (exact) mass is 303 g/mol. The van der Waals surface area contributed by atoms with Crippen molar-refractivity contribution >= 4 is 40.0 Å². The topological polar surface area (TPSA) is 37.8 Å². The average molecular weight is 304 g/mol. The summed E-state index contributed by atoms with van der Waals surface area (Å²) in [5.74, 6) is 0. The molecular formula is C15H14ClN3S. The summed E-state index contributed by atoms with van der Waals surface area (Å²) in [6, 6.07) is 12.4. The molecule has 0 radical (unpaired) electrons. The highest BCUT2D eigenvalue weighted by Gasteiger charge is 2.13. The normalized spacial score (nSPS) is 12.6. The molecule has 0 aliphatic rings. The minimum atomic E-state index is 0.153. The van der Waals surface area contributed by atoms with Crippen LogP contribution < -0.4 is 5.32 Å². The van der Waals surface area contributed by atoms with Gasteiger partial charge in [0, 0.05) is 6.04 Å². The predicted molar refractivity (Wildman–Crippen MR) is 85.6 cm³/mol. The molecule has 3 rings (SSSR count). The number of halogens is 1. The highest BCUT2D eigenvalue weighted by Crippen LogP contribution is 2.32. The van der Waals surface area contributed by atoms with Crippen molar-refractivity contribution in [1.82, 2.24) is 8.75 Å². The molecule has 1 unspecified atom stereocenters. The summed E-state index contributed by atoms with van der Waals surface area (Å²) in [4.78, 5) is 0. The maximum absolute atomic E-state index is 6.29. The number of nitrogens with zero attached hydrogens (tertiary/aromatic N) is 2. The molecule has 20 heavy (non-hydrogen) atoms. The van der Waals surface area contributed by atoms with Crippen LogP contribution in [-0.4, -0.2) is 8.75 Å². The zero-order valence-electron chi connectivity index (χ0n) is 11.2. The van der Waals surface area contributed by atoms with Gasteiger partial charge < -0.3 is 5.32 Å². The van der Waals surface area contributed by atoms with Crippen LogP contribution in [0.4, 0.5) is 5.69 Å². The fourth-order valence-electron chi connectivity index (χ4n) is 2.12. The van der Waals surface area contributed by atoms with Gasteiger partial charge >= 0.3 is 0 Å². The summed E-state index contributed by atoms with van der Waals surface area (Å²) in [5, 5.41) is 4.12. The zero-order chi connectivity index (χ0) is 14.1. The van der Waals surface area contributed by atoms with Crippen molar-refractivity contribution in [2.75, 3.05) is 5.32 Å². The van der Waals surface area contributed by atoms with E-state index in [2.05, 4.69) is 52.2 Å². The summed E-state index contributed by atoms with van der Waals surface area (Å²) < 4.78 is 8.57. The number of hydrogen-bond acceptors (Lipinski definition) is 4. The Balaban J connectivity index is 1.94. The van der Waals surface area contributed by atoms with Crippen LogP contribution in [0.2, 0.25) is 5.02 Å². The third-order valence-corrected chi connectivity index (χ3v) is 4.17. The van der Waals surface area contributed by atoms with Crippen molar-refractivity contribution in [1.29, 1.82) is 0 Å². The summed E-state index contributed by atoms with van der Waals surface area (Å²) >= 11 is 7.49. The van der Waals surface area contributed by atoms with E-state index in [0.717, 1.165) is 16.7 Å². The van der Waals surface area contributed by atoms with Crippen molar-refractivity contribution < 1.29 is 0 Å². The molecule has 0 spiro atoms. The van der Waals surface area contributed by atoms with E-state index >= 15 is 0 Å². The lowest BCUT2D eigenvalue weighted by atomic mass is 10.1. The van der Waals surface area contributed by atoms with Crippen LogP contribution in [0.25, 0.3) is 11.0 Å². The molecule has 0 fully saturated rings. The van der Waals surface area contributed by atoms with E-state index in [1.807, 2.05) is 12.1 Å². The highest BCUT2D eigenvalue weighted by atomic mass is 35.5. The standard InChI is InChI=1S/C15H14ClN3S/c1-9-3-5-11(6-4-9)10(2)17-14-12(16)7-8-13-15(14)19-20-18-13/h3-8,10,17H,1-2H3. The van der Waals surface area contributed by atoms with Crippen molar-refractivity contribution in [3.05, 3.63) is 52.5 Å². The Morgan fingerprint density at radius 2 is 1.85 bits per heavy atom. The van der Waals surface area contributed by atoms with Crippen LogP contribution in [0.5, 0.6) is 0 Å². The minimum absolute atomic E-state index is 0.153. The Morgan fingerprint density at radius 1 is 1.10 bits per heavy atom. The first-order chi connectivity index (χ1) is 9.65. The van der Waals surface area contributed by atoms with Crippen LogP contribution in [0.3, 0.4) is 0 Å². The lowest BCUT2D eigenvalue weighted by molar-refractivity contribution is 0.885. The van der Waals surface area contributed by atoms with Crippen LogP contribution in [0.1, 0.15) is 24.1 Å². The number of benzene rings is 2. The zero-order valence-corrected chi connectivity index (χ0v) is 12.8. The van der Waals surface area contributed by atoms with Gasteiger partial charge in [-0.2, -0.15) is 8.75 Å². The van der Waals surface area contributed by atoms with E-state index in [1.54, 1.807) is 0 Å². The lowest BCUT2D eigenvalue weighted by Crippen LogP contribution is -2.07. The van der Waals surface area contributed by atoms with Gasteiger partial charge in [-0.3, -0.25) is 0 Å². The van der Waals surface area contributed by atoms with E-state index in [4.69, 9.17) is 11.6 Å². The Bertz CT molecular complexity index is 736. The second kappa shape index (κ2) is 5.38. The van der Waals surface area contributed by atoms with Crippen molar-refractivity contribution in [3.8, 4) is 0 Å². The molecule has 1 N–H and O–H groups in total. The molecule has 5 heteroatoms. The number of nitrogens with one attached hydrogen (secondary N) is 1. The summed E-state index contributed by atoms with van der Waals surface area (Å²) in [5.41, 5.74) is 5.03. The van der Waals surface area contributed by atoms with E-state index in [1.165, 1.54) is 22.9 Å². The molecule has 102 valence electrons. The number of hydrogen-bond donors (Lipinski definition) is 1. The molecule has 3 nitrogen and oxygen atoms in total. The second-order valence-electron chi connectivity index (χ2n) is 4.83. The van der Waals surface area contributed by atoms with E-state index in [0.29, 0.717) is 5.02 Å². The number of aromatic nitrogens is 2. The number of anilines is 1. The van der Waals surface area contributed by atoms with Gasteiger partial charge in [-0.05, 0) is 31.5 Å². The molecular weight excluding hydrogens is 290 g/mol. The maximum Gasteiger partial charge on any atom is 0.129 e. The van der Waals surface area contributed by atoms with E-state index < -0.39 is 0 Å². The van der Waals surface area contributed by atoms with Crippen molar-refractivity contribution in [2.24, 2.45) is 0 Å². The molecule has 0 saturated heterocycles. The molecule has 2 aromatic carbocycles. The molecule has 0 aliphatic carbocycles. The van der Waals surface area contributed by atoms with Gasteiger partial charge in [-0.25, -0.2) is 0 Å². The minimum Gasteiger partial charge on any atom is -0.375 e. The SMILES string of the molecule is Cc1ccc(C(C)Nc2c(Cl)ccc3nsnc23)cc1. The highest BCUT2D eigenvalue weighted by molar-refractivity contribution is 7.00. The second-order valence-corrected chi connectivity index (χ2v) is 5.77. The quantitative estimate of drug-likeness (QED) is 0.753. The van der Waals surface area contributed by atoms with Gasteiger partial charge in [0.25, 0.3) is 0 Å². The van der Waals surface area contributed by atoms with E-state index in [9.17, 15) is 0 Å². The molecule has 1 heterocycles. The van der Waals surface area contributed by atoms with Gasteiger partial charge in [0.1, 0.15) is 11.0 Å². The first-order valence-corrected chi connectivity index (χ1v) is 7.50. The van der Waals surface area contributed by atoms with Gasteiger partial charge in [-0.15, -0.1) is 0 Å². The summed E-state index contributed by atoms with van der Waals surface area (Å²) in [6.45, 7) is 4.19. The molecule has 0 saturated carbocycles. The van der Waals surface area contributed by atoms with Gasteiger partial charge in [0.05, 0.1) is 22.4 Å². The van der Waals surface area contributed by atoms with Gasteiger partial charge in [-0.1, -0.05) is 41.4 Å². The van der Waals surface area contributed by atoms with E-state index in [-0.39, 0.29) is 6.04 Å². The summed E-state index contributed by atoms with van der Waals surface area (Å²) in [7, 11) is 0. The molecule has 1 atom stereocenters. The number of fused-ring (bicyclic) bond motifs is 1. The lowest BCUT2D eigenvalue weighted by Gasteiger charge is -2.17. The number of rotatable bonds is 3. The van der Waals surface area contributed by atoms with Crippen LogP contribution in [0.15, 0.2) is 36.4 Å². The van der Waals surface area contributed by atoms with Crippen molar-refractivity contribution in [2.45, 2.75) is 19.9 Å². The Morgan fingerprint density at radius 3 is 2.60 bits per heavy atom.